The summed E-state index contributed by atoms with van der Waals surface area (Å²) in [5, 5.41) is 1.19. The van der Waals surface area contributed by atoms with Crippen LogP contribution in [0.5, 0.6) is 5.75 Å². The van der Waals surface area contributed by atoms with Gasteiger partial charge in [-0.25, -0.2) is 0 Å². The molecule has 0 spiro atoms. The summed E-state index contributed by atoms with van der Waals surface area (Å²) in [5.74, 6) is 1.22. The van der Waals surface area contributed by atoms with Crippen LogP contribution in [0.3, 0.4) is 0 Å². The molecule has 0 bridgehead atoms. The number of amides is 2. The van der Waals surface area contributed by atoms with Crippen LogP contribution in [0.25, 0.3) is 10.9 Å². The number of unbranched alkanes of at least 4 members (excludes halogenated alkanes) is 8. The second-order valence-corrected chi connectivity index (χ2v) is 12.2. The van der Waals surface area contributed by atoms with Crippen molar-refractivity contribution in [1.29, 1.82) is 0 Å². The molecule has 2 aromatic carbocycles. The Hall–Kier alpha value is -3.28. The van der Waals surface area contributed by atoms with Crippen LogP contribution in [0.1, 0.15) is 103 Å². The minimum Gasteiger partial charge on any atom is -0.494 e. The molecular weight excluding hydrogens is 534 g/mol. The molecule has 0 aliphatic rings. The summed E-state index contributed by atoms with van der Waals surface area (Å²) in [4.78, 5) is 34.3. The van der Waals surface area contributed by atoms with Gasteiger partial charge in [0.25, 0.3) is 0 Å². The average Bonchev–Trinajstić information content (AvgIpc) is 3.41. The summed E-state index contributed by atoms with van der Waals surface area (Å²) in [5.41, 5.74) is 3.35. The number of ether oxygens (including phenoxy) is 1. The van der Waals surface area contributed by atoms with Gasteiger partial charge in [-0.3, -0.25) is 9.59 Å². The lowest BCUT2D eigenvalue weighted by Crippen LogP contribution is -2.44. The number of para-hydroxylation sites is 1. The number of benzene rings is 2. The van der Waals surface area contributed by atoms with E-state index in [1.807, 2.05) is 54.4 Å². The number of nitrogens with one attached hydrogen (secondary N) is 1. The van der Waals surface area contributed by atoms with E-state index < -0.39 is 0 Å². The molecular formula is C37H55N3O3. The molecule has 6 nitrogen and oxygen atoms in total. The van der Waals surface area contributed by atoms with E-state index in [4.69, 9.17) is 4.74 Å². The first-order valence-corrected chi connectivity index (χ1v) is 16.7. The first-order chi connectivity index (χ1) is 20.9. The molecule has 0 saturated carbocycles. The van der Waals surface area contributed by atoms with Gasteiger partial charge < -0.3 is 19.5 Å². The number of rotatable bonds is 21. The first-order valence-electron chi connectivity index (χ1n) is 16.7. The zero-order chi connectivity index (χ0) is 30.9. The number of carbonyl (C=O) groups excluding carboxylic acids is 2. The van der Waals surface area contributed by atoms with E-state index >= 15 is 0 Å². The maximum atomic E-state index is 13.9. The summed E-state index contributed by atoms with van der Waals surface area (Å²) >= 11 is 0. The lowest BCUT2D eigenvalue weighted by Gasteiger charge is -2.29. The lowest BCUT2D eigenvalue weighted by molar-refractivity contribution is -0.141. The predicted molar refractivity (Wildman–Crippen MR) is 178 cm³/mol. The van der Waals surface area contributed by atoms with Crippen LogP contribution in [0.2, 0.25) is 0 Å². The smallest absolute Gasteiger partial charge is 0.242 e. The van der Waals surface area contributed by atoms with Crippen LogP contribution in [0.15, 0.2) is 54.7 Å². The maximum absolute atomic E-state index is 13.9. The molecule has 43 heavy (non-hydrogen) atoms. The van der Waals surface area contributed by atoms with Gasteiger partial charge in [0.05, 0.1) is 13.2 Å². The molecule has 1 N–H and O–H groups in total. The Labute approximate surface area is 260 Å². The van der Waals surface area contributed by atoms with Crippen molar-refractivity contribution in [3.63, 3.8) is 0 Å². The number of aromatic amines is 1. The third-order valence-corrected chi connectivity index (χ3v) is 8.05. The molecule has 6 heteroatoms. The van der Waals surface area contributed by atoms with Crippen molar-refractivity contribution in [3.05, 3.63) is 65.9 Å². The number of aromatic nitrogens is 1. The number of fused-ring (bicyclic) bond motifs is 1. The van der Waals surface area contributed by atoms with E-state index in [-0.39, 0.29) is 18.4 Å². The summed E-state index contributed by atoms with van der Waals surface area (Å²) in [6.07, 6.45) is 14.3. The van der Waals surface area contributed by atoms with Gasteiger partial charge in [-0.05, 0) is 55.0 Å². The summed E-state index contributed by atoms with van der Waals surface area (Å²) in [6.45, 7) is 10.9. The van der Waals surface area contributed by atoms with Gasteiger partial charge in [0, 0.05) is 43.2 Å². The van der Waals surface area contributed by atoms with Gasteiger partial charge in [0.2, 0.25) is 11.8 Å². The fraction of sp³-hybridized carbons (Fsp3) is 0.568. The molecule has 236 valence electrons. The molecule has 0 aliphatic carbocycles. The molecule has 3 rings (SSSR count). The number of hydrogen-bond acceptors (Lipinski definition) is 3. The minimum absolute atomic E-state index is 0.00481. The van der Waals surface area contributed by atoms with Crippen molar-refractivity contribution in [2.75, 3.05) is 26.2 Å². The number of nitrogens with zero attached hydrogens (tertiary/aromatic N) is 2. The van der Waals surface area contributed by atoms with Crippen LogP contribution in [-0.2, 0) is 22.6 Å². The normalized spacial score (nSPS) is 11.3. The van der Waals surface area contributed by atoms with Gasteiger partial charge in [-0.15, -0.1) is 0 Å². The summed E-state index contributed by atoms with van der Waals surface area (Å²) in [7, 11) is 0. The third kappa shape index (κ3) is 12.1. The highest BCUT2D eigenvalue weighted by Crippen LogP contribution is 2.20. The lowest BCUT2D eigenvalue weighted by atomic mass is 10.1. The number of hydrogen-bond donors (Lipinski definition) is 1. The highest BCUT2D eigenvalue weighted by molar-refractivity contribution is 5.85. The van der Waals surface area contributed by atoms with Crippen molar-refractivity contribution in [2.24, 2.45) is 5.92 Å². The van der Waals surface area contributed by atoms with Gasteiger partial charge in [-0.2, -0.15) is 0 Å². The van der Waals surface area contributed by atoms with Crippen molar-refractivity contribution in [2.45, 2.75) is 105 Å². The van der Waals surface area contributed by atoms with Crippen LogP contribution in [0, 0.1) is 5.92 Å². The van der Waals surface area contributed by atoms with Gasteiger partial charge in [-0.1, -0.05) is 102 Å². The van der Waals surface area contributed by atoms with Crippen molar-refractivity contribution in [3.8, 4) is 5.75 Å². The Morgan fingerprint density at radius 1 is 0.814 bits per heavy atom. The second-order valence-electron chi connectivity index (χ2n) is 12.2. The Bertz CT molecular complexity index is 1220. The standard InChI is InChI=1S/C37H55N3O3/c1-5-7-8-9-10-11-12-13-14-19-36(41)40(27-30(3)4)29-37(42)39(28-31-20-22-33(23-21-31)43-6-2)25-24-32-26-38-35-18-16-15-17-34(32)35/h15-18,20-23,26,30,38H,5-14,19,24-25,27-29H2,1-4H3. The highest BCUT2D eigenvalue weighted by Gasteiger charge is 2.22. The summed E-state index contributed by atoms with van der Waals surface area (Å²) in [6, 6.07) is 16.2. The zero-order valence-corrected chi connectivity index (χ0v) is 27.2. The molecule has 0 radical (unpaired) electrons. The SMILES string of the molecule is CCCCCCCCCCCC(=O)N(CC(=O)N(CCc1c[nH]c2ccccc12)Cc1ccc(OCC)cc1)CC(C)C. The van der Waals surface area contributed by atoms with E-state index in [1.54, 1.807) is 4.90 Å². The van der Waals surface area contributed by atoms with Crippen molar-refractivity contribution >= 4 is 22.7 Å². The summed E-state index contributed by atoms with van der Waals surface area (Å²) < 4.78 is 5.61. The molecule has 0 saturated heterocycles. The molecule has 0 fully saturated rings. The molecule has 3 aromatic rings. The molecule has 1 heterocycles. The average molecular weight is 590 g/mol. The van der Waals surface area contributed by atoms with Crippen LogP contribution < -0.4 is 4.74 Å². The Kier molecular flexibility index (Phi) is 15.2. The molecule has 1 aromatic heterocycles. The van der Waals surface area contributed by atoms with Crippen molar-refractivity contribution < 1.29 is 14.3 Å². The van der Waals surface area contributed by atoms with Gasteiger partial charge >= 0.3 is 0 Å². The van der Waals surface area contributed by atoms with Crippen LogP contribution in [-0.4, -0.2) is 52.8 Å². The van der Waals surface area contributed by atoms with Gasteiger partial charge in [0.15, 0.2) is 0 Å². The first kappa shape index (κ1) is 34.2. The van der Waals surface area contributed by atoms with Gasteiger partial charge in [0.1, 0.15) is 5.75 Å². The topological polar surface area (TPSA) is 65.6 Å². The quantitative estimate of drug-likeness (QED) is 0.127. The number of carbonyl (C=O) groups is 2. The fourth-order valence-electron chi connectivity index (χ4n) is 5.67. The van der Waals surface area contributed by atoms with E-state index in [1.165, 1.54) is 55.9 Å². The van der Waals surface area contributed by atoms with Crippen molar-refractivity contribution in [1.82, 2.24) is 14.8 Å². The monoisotopic (exact) mass is 589 g/mol. The maximum Gasteiger partial charge on any atom is 0.242 e. The van der Waals surface area contributed by atoms with E-state index in [2.05, 4.69) is 37.9 Å². The molecule has 0 unspecified atom stereocenters. The minimum atomic E-state index is -0.00481. The van der Waals surface area contributed by atoms with Crippen LogP contribution >= 0.6 is 0 Å². The molecule has 2 amide bonds. The largest absolute Gasteiger partial charge is 0.494 e. The Morgan fingerprint density at radius 2 is 1.49 bits per heavy atom. The second kappa shape index (κ2) is 19.1. The van der Waals surface area contributed by atoms with E-state index in [0.29, 0.717) is 38.6 Å². The Balaban J connectivity index is 1.62. The highest BCUT2D eigenvalue weighted by atomic mass is 16.5. The van der Waals surface area contributed by atoms with E-state index in [9.17, 15) is 9.59 Å². The third-order valence-electron chi connectivity index (χ3n) is 8.05. The fourth-order valence-corrected chi connectivity index (χ4v) is 5.67. The molecule has 0 aliphatic heterocycles. The Morgan fingerprint density at radius 3 is 2.16 bits per heavy atom. The predicted octanol–water partition coefficient (Wildman–Crippen LogP) is 8.54. The zero-order valence-electron chi connectivity index (χ0n) is 27.2. The van der Waals surface area contributed by atoms with Crippen LogP contribution in [0.4, 0.5) is 0 Å². The van der Waals surface area contributed by atoms with E-state index in [0.717, 1.165) is 36.1 Å². The molecule has 0 atom stereocenters. The number of H-pyrrole nitrogens is 1.